The molecule has 1 heterocycles. The summed E-state index contributed by atoms with van der Waals surface area (Å²) in [5.74, 6) is 1.18. The van der Waals surface area contributed by atoms with Gasteiger partial charge in [-0.25, -0.2) is 0 Å². The Kier molecular flexibility index (Phi) is 4.06. The number of carbonyl (C=O) groups excluding carboxylic acids is 1. The van der Waals surface area contributed by atoms with Crippen LogP contribution in [0.4, 0.5) is 5.69 Å². The number of rotatable bonds is 3. The number of hydrogen-bond donors (Lipinski definition) is 1. The quantitative estimate of drug-likeness (QED) is 0.838. The highest BCUT2D eigenvalue weighted by molar-refractivity contribution is 7.80. The summed E-state index contributed by atoms with van der Waals surface area (Å²) in [6.45, 7) is 0.854. The Bertz CT molecular complexity index is 494. The lowest BCUT2D eigenvalue weighted by Gasteiger charge is -2.42. The Morgan fingerprint density at radius 1 is 1.10 bits per heavy atom. The summed E-state index contributed by atoms with van der Waals surface area (Å²) >= 11 is 4.61. The SMILES string of the molecule is O=C1CCc2ccccc2N1CC1(CS)CCCCC1. The van der Waals surface area contributed by atoms with Crippen molar-refractivity contribution < 1.29 is 4.79 Å². The second-order valence-corrected chi connectivity index (χ2v) is 6.64. The van der Waals surface area contributed by atoms with Gasteiger partial charge in [-0.05, 0) is 42.1 Å². The van der Waals surface area contributed by atoms with E-state index in [1.807, 2.05) is 11.0 Å². The molecule has 1 amide bonds. The molecule has 1 aromatic rings. The van der Waals surface area contributed by atoms with Crippen LogP contribution in [0.25, 0.3) is 0 Å². The highest BCUT2D eigenvalue weighted by Crippen LogP contribution is 2.40. The zero-order valence-electron chi connectivity index (χ0n) is 12.0. The predicted molar refractivity (Wildman–Crippen MR) is 86.5 cm³/mol. The van der Waals surface area contributed by atoms with Gasteiger partial charge in [0.05, 0.1) is 0 Å². The molecule has 108 valence electrons. The molecule has 0 saturated heterocycles. The molecular weight excluding hydrogens is 266 g/mol. The van der Waals surface area contributed by atoms with Crippen molar-refractivity contribution in [3.05, 3.63) is 29.8 Å². The molecule has 1 saturated carbocycles. The van der Waals surface area contributed by atoms with E-state index >= 15 is 0 Å². The smallest absolute Gasteiger partial charge is 0.227 e. The van der Waals surface area contributed by atoms with E-state index in [0.717, 1.165) is 24.4 Å². The topological polar surface area (TPSA) is 20.3 Å². The molecular formula is C17H23NOS. The zero-order valence-corrected chi connectivity index (χ0v) is 12.9. The van der Waals surface area contributed by atoms with Gasteiger partial charge in [0.25, 0.3) is 0 Å². The van der Waals surface area contributed by atoms with Gasteiger partial charge in [0.2, 0.25) is 5.91 Å². The van der Waals surface area contributed by atoms with Crippen LogP contribution in [0.2, 0.25) is 0 Å². The molecule has 1 aromatic carbocycles. The van der Waals surface area contributed by atoms with Crippen LogP contribution < -0.4 is 4.90 Å². The average molecular weight is 289 g/mol. The third-order valence-electron chi connectivity index (χ3n) is 4.93. The molecule has 0 aromatic heterocycles. The normalized spacial score (nSPS) is 21.6. The van der Waals surface area contributed by atoms with E-state index in [2.05, 4.69) is 30.8 Å². The van der Waals surface area contributed by atoms with Gasteiger partial charge < -0.3 is 4.90 Å². The molecule has 0 N–H and O–H groups in total. The van der Waals surface area contributed by atoms with Gasteiger partial charge in [0, 0.05) is 18.7 Å². The summed E-state index contributed by atoms with van der Waals surface area (Å²) in [7, 11) is 0. The summed E-state index contributed by atoms with van der Waals surface area (Å²) in [6, 6.07) is 8.37. The van der Waals surface area contributed by atoms with Gasteiger partial charge >= 0.3 is 0 Å². The van der Waals surface area contributed by atoms with Gasteiger partial charge in [0.15, 0.2) is 0 Å². The first kappa shape index (κ1) is 14.0. The molecule has 0 bridgehead atoms. The minimum atomic E-state index is 0.224. The third kappa shape index (κ3) is 2.60. The molecule has 3 heteroatoms. The third-order valence-corrected chi connectivity index (χ3v) is 5.61. The van der Waals surface area contributed by atoms with Crippen LogP contribution in [0, 0.1) is 5.41 Å². The highest BCUT2D eigenvalue weighted by Gasteiger charge is 2.36. The Hall–Kier alpha value is -0.960. The maximum atomic E-state index is 12.4. The summed E-state index contributed by atoms with van der Waals surface area (Å²) in [4.78, 5) is 14.4. The van der Waals surface area contributed by atoms with E-state index in [1.54, 1.807) is 0 Å². The second-order valence-electron chi connectivity index (χ2n) is 6.33. The van der Waals surface area contributed by atoms with Crippen LogP contribution >= 0.6 is 12.6 Å². The largest absolute Gasteiger partial charge is 0.312 e. The molecule has 0 unspecified atom stereocenters. The molecule has 1 aliphatic carbocycles. The first-order valence-corrected chi connectivity index (χ1v) is 8.36. The number of amides is 1. The number of carbonyl (C=O) groups is 1. The first-order valence-electron chi connectivity index (χ1n) is 7.73. The lowest BCUT2D eigenvalue weighted by molar-refractivity contribution is -0.119. The zero-order chi connectivity index (χ0) is 14.0. The molecule has 1 aliphatic heterocycles. The molecule has 0 atom stereocenters. The monoisotopic (exact) mass is 289 g/mol. The van der Waals surface area contributed by atoms with Crippen LogP contribution in [-0.4, -0.2) is 18.2 Å². The second kappa shape index (κ2) is 5.80. The Morgan fingerprint density at radius 3 is 2.60 bits per heavy atom. The van der Waals surface area contributed by atoms with Crippen LogP contribution in [0.5, 0.6) is 0 Å². The number of benzene rings is 1. The van der Waals surface area contributed by atoms with Crippen molar-refractivity contribution in [2.75, 3.05) is 17.2 Å². The fourth-order valence-corrected chi connectivity index (χ4v) is 4.09. The number of thiol groups is 1. The van der Waals surface area contributed by atoms with E-state index in [4.69, 9.17) is 0 Å². The number of hydrogen-bond acceptors (Lipinski definition) is 2. The van der Waals surface area contributed by atoms with E-state index in [9.17, 15) is 4.79 Å². The average Bonchev–Trinajstić information content (AvgIpc) is 2.51. The minimum Gasteiger partial charge on any atom is -0.312 e. The lowest BCUT2D eigenvalue weighted by atomic mass is 9.74. The van der Waals surface area contributed by atoms with Crippen molar-refractivity contribution in [3.63, 3.8) is 0 Å². The van der Waals surface area contributed by atoms with Crippen molar-refractivity contribution >= 4 is 24.2 Å². The molecule has 3 rings (SSSR count). The first-order chi connectivity index (χ1) is 9.74. The molecule has 0 radical (unpaired) electrons. The summed E-state index contributed by atoms with van der Waals surface area (Å²) < 4.78 is 0. The summed E-state index contributed by atoms with van der Waals surface area (Å²) in [6.07, 6.45) is 7.86. The molecule has 20 heavy (non-hydrogen) atoms. The van der Waals surface area contributed by atoms with Crippen LogP contribution in [0.3, 0.4) is 0 Å². The number of nitrogens with zero attached hydrogens (tertiary/aromatic N) is 1. The highest BCUT2D eigenvalue weighted by atomic mass is 32.1. The minimum absolute atomic E-state index is 0.224. The number of aryl methyl sites for hydroxylation is 1. The van der Waals surface area contributed by atoms with Crippen LogP contribution in [0.1, 0.15) is 44.1 Å². The standard InChI is InChI=1S/C17H23NOS/c19-16-9-8-14-6-2-3-7-15(14)18(16)12-17(13-20)10-4-1-5-11-17/h2-3,6-7,20H,1,4-5,8-13H2. The fourth-order valence-electron chi connectivity index (χ4n) is 3.67. The number of fused-ring (bicyclic) bond motifs is 1. The van der Waals surface area contributed by atoms with Crippen molar-refractivity contribution in [1.82, 2.24) is 0 Å². The maximum Gasteiger partial charge on any atom is 0.227 e. The van der Waals surface area contributed by atoms with Crippen molar-refractivity contribution in [2.24, 2.45) is 5.41 Å². The van der Waals surface area contributed by atoms with Gasteiger partial charge in [-0.2, -0.15) is 12.6 Å². The molecule has 2 nitrogen and oxygen atoms in total. The van der Waals surface area contributed by atoms with E-state index in [1.165, 1.54) is 37.7 Å². The van der Waals surface area contributed by atoms with Crippen molar-refractivity contribution in [1.29, 1.82) is 0 Å². The van der Waals surface area contributed by atoms with Crippen molar-refractivity contribution in [2.45, 2.75) is 44.9 Å². The van der Waals surface area contributed by atoms with E-state index in [0.29, 0.717) is 6.42 Å². The Labute approximate surface area is 127 Å². The van der Waals surface area contributed by atoms with E-state index in [-0.39, 0.29) is 11.3 Å². The predicted octanol–water partition coefficient (Wildman–Crippen LogP) is 3.85. The molecule has 2 aliphatic rings. The molecule has 0 spiro atoms. The summed E-state index contributed by atoms with van der Waals surface area (Å²) in [5.41, 5.74) is 2.68. The van der Waals surface area contributed by atoms with Gasteiger partial charge in [-0.15, -0.1) is 0 Å². The lowest BCUT2D eigenvalue weighted by Crippen LogP contribution is -2.45. The fraction of sp³-hybridized carbons (Fsp3) is 0.588. The Balaban J connectivity index is 1.87. The van der Waals surface area contributed by atoms with Crippen LogP contribution in [0.15, 0.2) is 24.3 Å². The van der Waals surface area contributed by atoms with Crippen molar-refractivity contribution in [3.8, 4) is 0 Å². The maximum absolute atomic E-state index is 12.4. The van der Waals surface area contributed by atoms with Gasteiger partial charge in [-0.1, -0.05) is 37.5 Å². The Morgan fingerprint density at radius 2 is 1.85 bits per heavy atom. The summed E-state index contributed by atoms with van der Waals surface area (Å²) in [5, 5.41) is 0. The number of anilines is 1. The van der Waals surface area contributed by atoms with Crippen LogP contribution in [-0.2, 0) is 11.2 Å². The van der Waals surface area contributed by atoms with E-state index < -0.39 is 0 Å². The molecule has 1 fully saturated rings. The number of para-hydroxylation sites is 1. The van der Waals surface area contributed by atoms with Gasteiger partial charge in [-0.3, -0.25) is 4.79 Å². The van der Waals surface area contributed by atoms with Gasteiger partial charge in [0.1, 0.15) is 0 Å².